The summed E-state index contributed by atoms with van der Waals surface area (Å²) in [4.78, 5) is 13.1. The topological polar surface area (TPSA) is 58.2 Å². The van der Waals surface area contributed by atoms with E-state index in [2.05, 4.69) is 10.2 Å². The molecule has 0 unspecified atom stereocenters. The highest BCUT2D eigenvalue weighted by atomic mass is 16.5. The largest absolute Gasteiger partial charge is 0.481 e. The minimum atomic E-state index is -0.0513. The predicted octanol–water partition coefficient (Wildman–Crippen LogP) is 0.918. The van der Waals surface area contributed by atoms with Crippen molar-refractivity contribution in [3.05, 3.63) is 18.3 Å². The fraction of sp³-hybridized carbons (Fsp3) is 0.200. The Bertz CT molecular complexity index is 547. The van der Waals surface area contributed by atoms with Gasteiger partial charge in [-0.25, -0.2) is 0 Å². The Hall–Kier alpha value is -2.04. The fourth-order valence-corrected chi connectivity index (χ4v) is 1.79. The summed E-state index contributed by atoms with van der Waals surface area (Å²) in [5.74, 6) is 0.665. The maximum Gasteiger partial charge on any atom is 0.264 e. The summed E-state index contributed by atoms with van der Waals surface area (Å²) in [6.45, 7) is 0.100. The maximum atomic E-state index is 11.5. The number of carbonyl (C=O) groups excluding carboxylic acids is 1. The summed E-state index contributed by atoms with van der Waals surface area (Å²) in [7, 11) is 1.74. The van der Waals surface area contributed by atoms with Crippen LogP contribution in [0, 0.1) is 0 Å². The van der Waals surface area contributed by atoms with Gasteiger partial charge in [-0.1, -0.05) is 0 Å². The average molecular weight is 203 g/mol. The fourth-order valence-electron chi connectivity index (χ4n) is 1.79. The zero-order valence-electron chi connectivity index (χ0n) is 8.15. The minimum Gasteiger partial charge on any atom is -0.481 e. The van der Waals surface area contributed by atoms with Crippen molar-refractivity contribution in [2.75, 3.05) is 18.6 Å². The van der Waals surface area contributed by atoms with Crippen molar-refractivity contribution < 1.29 is 9.53 Å². The molecule has 15 heavy (non-hydrogen) atoms. The standard InChI is InChI=1S/C10H9N3O2/c1-13-8(14)5-15-7-3-2-6-4-11-12-9(6)10(7)13/h2-4H,5H2,1H3,(H,11,12). The molecule has 0 spiro atoms. The normalized spacial score (nSPS) is 15.3. The second kappa shape index (κ2) is 2.73. The molecule has 1 aliphatic rings. The van der Waals surface area contributed by atoms with Crippen LogP contribution in [0.25, 0.3) is 10.9 Å². The summed E-state index contributed by atoms with van der Waals surface area (Å²) in [6.07, 6.45) is 1.72. The van der Waals surface area contributed by atoms with Crippen molar-refractivity contribution in [3.63, 3.8) is 0 Å². The van der Waals surface area contributed by atoms with Gasteiger partial charge in [0.1, 0.15) is 11.4 Å². The predicted molar refractivity (Wildman–Crippen MR) is 55.0 cm³/mol. The summed E-state index contributed by atoms with van der Waals surface area (Å²) < 4.78 is 5.34. The summed E-state index contributed by atoms with van der Waals surface area (Å²) in [5, 5.41) is 7.80. The number of amides is 1. The van der Waals surface area contributed by atoms with Gasteiger partial charge in [0.2, 0.25) is 0 Å². The van der Waals surface area contributed by atoms with Crippen molar-refractivity contribution in [2.24, 2.45) is 0 Å². The minimum absolute atomic E-state index is 0.0513. The number of benzene rings is 1. The molecular weight excluding hydrogens is 194 g/mol. The molecule has 2 aromatic rings. The molecule has 0 radical (unpaired) electrons. The van der Waals surface area contributed by atoms with Crippen molar-refractivity contribution in [1.29, 1.82) is 0 Å². The van der Waals surface area contributed by atoms with Gasteiger partial charge in [-0.05, 0) is 12.1 Å². The van der Waals surface area contributed by atoms with Crippen LogP contribution in [0.1, 0.15) is 0 Å². The van der Waals surface area contributed by atoms with E-state index in [1.54, 1.807) is 18.1 Å². The number of ether oxygens (including phenoxy) is 1. The molecule has 0 bridgehead atoms. The first-order chi connectivity index (χ1) is 7.27. The molecule has 3 rings (SSSR count). The molecular formula is C10H9N3O2. The summed E-state index contributed by atoms with van der Waals surface area (Å²) in [5.41, 5.74) is 1.60. The molecule has 0 fully saturated rings. The van der Waals surface area contributed by atoms with Crippen LogP contribution in [-0.4, -0.2) is 29.8 Å². The van der Waals surface area contributed by atoms with Gasteiger partial charge in [0.15, 0.2) is 6.61 Å². The lowest BCUT2D eigenvalue weighted by molar-refractivity contribution is -0.120. The molecule has 1 N–H and O–H groups in total. The molecule has 2 heterocycles. The number of hydrogen-bond donors (Lipinski definition) is 1. The summed E-state index contributed by atoms with van der Waals surface area (Å²) in [6, 6.07) is 3.78. The first kappa shape index (κ1) is 8.28. The number of nitrogens with zero attached hydrogens (tertiary/aromatic N) is 2. The van der Waals surface area contributed by atoms with Crippen molar-refractivity contribution in [3.8, 4) is 5.75 Å². The SMILES string of the molecule is CN1C(=O)COc2ccc3cn[nH]c3c21. The van der Waals surface area contributed by atoms with E-state index >= 15 is 0 Å². The van der Waals surface area contributed by atoms with Crippen LogP contribution in [0.2, 0.25) is 0 Å². The van der Waals surface area contributed by atoms with Crippen LogP contribution in [0.3, 0.4) is 0 Å². The van der Waals surface area contributed by atoms with E-state index in [4.69, 9.17) is 4.74 Å². The number of carbonyl (C=O) groups is 1. The molecule has 1 aliphatic heterocycles. The number of rotatable bonds is 0. The molecule has 5 nitrogen and oxygen atoms in total. The van der Waals surface area contributed by atoms with E-state index in [0.29, 0.717) is 5.75 Å². The van der Waals surface area contributed by atoms with Crippen LogP contribution < -0.4 is 9.64 Å². The van der Waals surface area contributed by atoms with Gasteiger partial charge in [0, 0.05) is 12.4 Å². The molecule has 1 aromatic carbocycles. The second-order valence-corrected chi connectivity index (χ2v) is 3.49. The molecule has 0 atom stereocenters. The zero-order valence-corrected chi connectivity index (χ0v) is 8.15. The third kappa shape index (κ3) is 1.03. The Morgan fingerprint density at radius 3 is 3.27 bits per heavy atom. The van der Waals surface area contributed by atoms with E-state index in [1.807, 2.05) is 12.1 Å². The molecule has 1 aromatic heterocycles. The van der Waals surface area contributed by atoms with Gasteiger partial charge in [0.25, 0.3) is 5.91 Å². The lowest BCUT2D eigenvalue weighted by atomic mass is 10.2. The number of anilines is 1. The molecule has 0 saturated carbocycles. The Kier molecular flexibility index (Phi) is 1.50. The smallest absolute Gasteiger partial charge is 0.264 e. The van der Waals surface area contributed by atoms with Crippen LogP contribution in [0.4, 0.5) is 5.69 Å². The van der Waals surface area contributed by atoms with Crippen molar-refractivity contribution in [2.45, 2.75) is 0 Å². The molecule has 5 heteroatoms. The van der Waals surface area contributed by atoms with Gasteiger partial charge in [-0.3, -0.25) is 9.89 Å². The summed E-state index contributed by atoms with van der Waals surface area (Å²) >= 11 is 0. The lowest BCUT2D eigenvalue weighted by Gasteiger charge is -2.26. The maximum absolute atomic E-state index is 11.5. The molecule has 0 aliphatic carbocycles. The van der Waals surface area contributed by atoms with Crippen LogP contribution in [0.5, 0.6) is 5.75 Å². The molecule has 0 saturated heterocycles. The quantitative estimate of drug-likeness (QED) is 0.692. The first-order valence-corrected chi connectivity index (χ1v) is 4.63. The highest BCUT2D eigenvalue weighted by Crippen LogP contribution is 2.36. The number of fused-ring (bicyclic) bond motifs is 3. The monoisotopic (exact) mass is 203 g/mol. The number of aromatic amines is 1. The second-order valence-electron chi connectivity index (χ2n) is 3.49. The molecule has 76 valence electrons. The highest BCUT2D eigenvalue weighted by Gasteiger charge is 2.24. The molecule has 1 amide bonds. The van der Waals surface area contributed by atoms with E-state index in [0.717, 1.165) is 16.6 Å². The number of nitrogens with one attached hydrogen (secondary N) is 1. The first-order valence-electron chi connectivity index (χ1n) is 4.63. The van der Waals surface area contributed by atoms with Gasteiger partial charge in [-0.2, -0.15) is 5.10 Å². The zero-order chi connectivity index (χ0) is 10.4. The highest BCUT2D eigenvalue weighted by molar-refractivity contribution is 6.06. The van der Waals surface area contributed by atoms with E-state index in [-0.39, 0.29) is 12.5 Å². The number of likely N-dealkylation sites (N-methyl/N-ethyl adjacent to an activating group) is 1. The van der Waals surface area contributed by atoms with Crippen LogP contribution >= 0.6 is 0 Å². The Balaban J connectivity index is 2.35. The number of aromatic nitrogens is 2. The van der Waals surface area contributed by atoms with Crippen molar-refractivity contribution in [1.82, 2.24) is 10.2 Å². The number of hydrogen-bond acceptors (Lipinski definition) is 3. The van der Waals surface area contributed by atoms with E-state index < -0.39 is 0 Å². The van der Waals surface area contributed by atoms with Gasteiger partial charge in [-0.15, -0.1) is 0 Å². The van der Waals surface area contributed by atoms with Gasteiger partial charge in [0.05, 0.1) is 11.7 Å². The number of H-pyrrole nitrogens is 1. The lowest BCUT2D eigenvalue weighted by Crippen LogP contribution is -2.35. The van der Waals surface area contributed by atoms with Gasteiger partial charge >= 0.3 is 0 Å². The van der Waals surface area contributed by atoms with E-state index in [1.165, 1.54) is 0 Å². The van der Waals surface area contributed by atoms with E-state index in [9.17, 15) is 4.79 Å². The van der Waals surface area contributed by atoms with Crippen LogP contribution in [0.15, 0.2) is 18.3 Å². The van der Waals surface area contributed by atoms with Gasteiger partial charge < -0.3 is 9.64 Å². The third-order valence-corrected chi connectivity index (χ3v) is 2.61. The Labute approximate surface area is 85.6 Å². The van der Waals surface area contributed by atoms with Crippen molar-refractivity contribution >= 4 is 22.5 Å². The van der Waals surface area contributed by atoms with Crippen LogP contribution in [-0.2, 0) is 4.79 Å². The average Bonchev–Trinajstić information content (AvgIpc) is 2.70. The Morgan fingerprint density at radius 1 is 1.53 bits per heavy atom. The third-order valence-electron chi connectivity index (χ3n) is 2.61. The Morgan fingerprint density at radius 2 is 2.40 bits per heavy atom.